The van der Waals surface area contributed by atoms with E-state index < -0.39 is 17.2 Å². The van der Waals surface area contributed by atoms with Crippen LogP contribution in [0, 0.1) is 5.82 Å². The monoisotopic (exact) mass is 434 g/mol. The van der Waals surface area contributed by atoms with Crippen LogP contribution in [-0.2, 0) is 4.74 Å². The predicted octanol–water partition coefficient (Wildman–Crippen LogP) is 4.88. The van der Waals surface area contributed by atoms with Gasteiger partial charge in [-0.25, -0.2) is 14.2 Å². The molecule has 2 aromatic rings. The number of hydrogen-bond acceptors (Lipinski definition) is 5. The number of rotatable bonds is 4. The third kappa shape index (κ3) is 5.69. The van der Waals surface area contributed by atoms with E-state index in [1.54, 1.807) is 17.0 Å². The van der Waals surface area contributed by atoms with Crippen LogP contribution in [0.1, 0.15) is 49.7 Å². The Morgan fingerprint density at radius 3 is 2.50 bits per heavy atom. The van der Waals surface area contributed by atoms with Gasteiger partial charge in [0, 0.05) is 37.0 Å². The van der Waals surface area contributed by atoms with Crippen LogP contribution in [0.4, 0.5) is 9.18 Å². The molecule has 1 aliphatic heterocycles. The van der Waals surface area contributed by atoms with Crippen molar-refractivity contribution in [3.8, 4) is 5.88 Å². The summed E-state index contributed by atoms with van der Waals surface area (Å²) in [5.74, 6) is -0.963. The minimum atomic E-state index is -0.699. The molecule has 1 amide bonds. The molecule has 1 saturated heterocycles. The van der Waals surface area contributed by atoms with E-state index in [0.717, 1.165) is 6.07 Å². The molecule has 1 aliphatic rings. The minimum Gasteiger partial charge on any atom is -0.474 e. The lowest BCUT2D eigenvalue weighted by Gasteiger charge is -2.33. The Balaban J connectivity index is 1.61. The molecule has 8 heteroatoms. The van der Waals surface area contributed by atoms with Gasteiger partial charge in [0.25, 0.3) is 0 Å². The molecule has 1 aromatic heterocycles. The highest BCUT2D eigenvalue weighted by Gasteiger charge is 2.28. The second-order valence-corrected chi connectivity index (χ2v) is 8.54. The maximum atomic E-state index is 14.1. The minimum absolute atomic E-state index is 0.0833. The van der Waals surface area contributed by atoms with Crippen LogP contribution in [0.5, 0.6) is 5.88 Å². The number of nitrogens with zero attached hydrogens (tertiary/aromatic N) is 2. The van der Waals surface area contributed by atoms with Gasteiger partial charge in [-0.15, -0.1) is 0 Å². The van der Waals surface area contributed by atoms with E-state index in [4.69, 9.17) is 21.1 Å². The van der Waals surface area contributed by atoms with Gasteiger partial charge >= 0.3 is 6.09 Å². The first-order chi connectivity index (χ1) is 14.1. The largest absolute Gasteiger partial charge is 0.474 e. The van der Waals surface area contributed by atoms with Crippen LogP contribution in [0.3, 0.4) is 0 Å². The van der Waals surface area contributed by atoms with Gasteiger partial charge in [-0.2, -0.15) is 0 Å². The van der Waals surface area contributed by atoms with Gasteiger partial charge in [0.05, 0.1) is 5.56 Å². The van der Waals surface area contributed by atoms with E-state index in [1.807, 2.05) is 20.8 Å². The molecule has 0 radical (unpaired) electrons. The zero-order chi connectivity index (χ0) is 21.9. The fraction of sp³-hybridized carbons (Fsp3) is 0.409. The summed E-state index contributed by atoms with van der Waals surface area (Å²) >= 11 is 5.74. The molecule has 3 rings (SSSR count). The lowest BCUT2D eigenvalue weighted by Crippen LogP contribution is -2.44. The average molecular weight is 435 g/mol. The molecule has 2 heterocycles. The Labute approximate surface area is 179 Å². The number of likely N-dealkylation sites (tertiary alicyclic amines) is 1. The third-order valence-electron chi connectivity index (χ3n) is 4.51. The molecule has 1 fully saturated rings. The lowest BCUT2D eigenvalue weighted by atomic mass is 10.1. The molecule has 6 nitrogen and oxygen atoms in total. The topological polar surface area (TPSA) is 68.7 Å². The van der Waals surface area contributed by atoms with E-state index in [-0.39, 0.29) is 34.4 Å². The smallest absolute Gasteiger partial charge is 0.410 e. The van der Waals surface area contributed by atoms with E-state index in [0.29, 0.717) is 25.9 Å². The highest BCUT2D eigenvalue weighted by Crippen LogP contribution is 2.22. The number of amides is 1. The number of ether oxygens (including phenoxy) is 2. The summed E-state index contributed by atoms with van der Waals surface area (Å²) in [5.41, 5.74) is -0.556. The zero-order valence-corrected chi connectivity index (χ0v) is 17.9. The number of hydrogen-bond donors (Lipinski definition) is 0. The van der Waals surface area contributed by atoms with Gasteiger partial charge in [-0.3, -0.25) is 4.79 Å². The second-order valence-electron chi connectivity index (χ2n) is 8.10. The molecular weight excluding hydrogens is 411 g/mol. The van der Waals surface area contributed by atoms with Gasteiger partial charge in [-0.05, 0) is 45.0 Å². The maximum absolute atomic E-state index is 14.1. The van der Waals surface area contributed by atoms with Crippen molar-refractivity contribution in [2.45, 2.75) is 45.3 Å². The molecule has 0 unspecified atom stereocenters. The van der Waals surface area contributed by atoms with E-state index in [9.17, 15) is 14.0 Å². The predicted molar refractivity (Wildman–Crippen MR) is 111 cm³/mol. The molecule has 1 aromatic carbocycles. The number of carbonyl (C=O) groups excluding carboxylic acids is 2. The van der Waals surface area contributed by atoms with Crippen molar-refractivity contribution in [1.29, 1.82) is 0 Å². The van der Waals surface area contributed by atoms with E-state index in [1.165, 1.54) is 18.2 Å². The highest BCUT2D eigenvalue weighted by atomic mass is 35.5. The van der Waals surface area contributed by atoms with Crippen LogP contribution in [0.15, 0.2) is 36.4 Å². The summed E-state index contributed by atoms with van der Waals surface area (Å²) in [6, 6.07) is 8.68. The zero-order valence-electron chi connectivity index (χ0n) is 17.2. The van der Waals surface area contributed by atoms with Crippen LogP contribution < -0.4 is 4.74 Å². The number of benzene rings is 1. The quantitative estimate of drug-likeness (QED) is 0.641. The van der Waals surface area contributed by atoms with Crippen molar-refractivity contribution < 1.29 is 23.5 Å². The van der Waals surface area contributed by atoms with E-state index >= 15 is 0 Å². The SMILES string of the molecule is CC(C)(C)OC(=O)N1CCC(Oc2cccc(C(=O)c3ccc(Cl)cc3F)n2)CC1. The van der Waals surface area contributed by atoms with Gasteiger partial charge in [0.15, 0.2) is 0 Å². The maximum Gasteiger partial charge on any atom is 0.410 e. The summed E-state index contributed by atoms with van der Waals surface area (Å²) in [5, 5.41) is 0.215. The second kappa shape index (κ2) is 9.00. The Morgan fingerprint density at radius 1 is 1.17 bits per heavy atom. The van der Waals surface area contributed by atoms with Crippen LogP contribution in [-0.4, -0.2) is 46.6 Å². The van der Waals surface area contributed by atoms with Crippen molar-refractivity contribution in [2.75, 3.05) is 13.1 Å². The lowest BCUT2D eigenvalue weighted by molar-refractivity contribution is 0.0122. The molecule has 0 saturated carbocycles. The number of carbonyl (C=O) groups is 2. The molecule has 0 N–H and O–H groups in total. The normalized spacial score (nSPS) is 15.0. The molecule has 30 heavy (non-hydrogen) atoms. The summed E-state index contributed by atoms with van der Waals surface area (Å²) in [7, 11) is 0. The third-order valence-corrected chi connectivity index (χ3v) is 4.75. The van der Waals surface area contributed by atoms with Gasteiger partial charge in [0.2, 0.25) is 11.7 Å². The molecule has 160 valence electrons. The summed E-state index contributed by atoms with van der Waals surface area (Å²) in [6.07, 6.45) is 0.751. The fourth-order valence-corrected chi connectivity index (χ4v) is 3.23. The first-order valence-electron chi connectivity index (χ1n) is 9.74. The Kier molecular flexibility index (Phi) is 6.61. The van der Waals surface area contributed by atoms with Crippen LogP contribution in [0.25, 0.3) is 0 Å². The molecule has 0 spiro atoms. The summed E-state index contributed by atoms with van der Waals surface area (Å²) < 4.78 is 25.4. The van der Waals surface area contributed by atoms with Crippen LogP contribution >= 0.6 is 11.6 Å². The Bertz CT molecular complexity index is 937. The number of piperidine rings is 1. The summed E-state index contributed by atoms with van der Waals surface area (Å²) in [4.78, 5) is 30.6. The van der Waals surface area contributed by atoms with Gasteiger partial charge < -0.3 is 14.4 Å². The molecule has 0 aliphatic carbocycles. The van der Waals surface area contributed by atoms with Crippen LogP contribution in [0.2, 0.25) is 5.02 Å². The molecular formula is C22H24ClFN2O4. The molecule has 0 atom stereocenters. The molecule has 0 bridgehead atoms. The van der Waals surface area contributed by atoms with Crippen molar-refractivity contribution in [2.24, 2.45) is 0 Å². The standard InChI is InChI=1S/C22H24ClFN2O4/c1-22(2,3)30-21(28)26-11-9-15(10-12-26)29-19-6-4-5-18(25-19)20(27)16-8-7-14(23)13-17(16)24/h4-8,13,15H,9-12H2,1-3H3. The highest BCUT2D eigenvalue weighted by molar-refractivity contribution is 6.30. The van der Waals surface area contributed by atoms with Crippen molar-refractivity contribution >= 4 is 23.5 Å². The summed E-state index contributed by atoms with van der Waals surface area (Å²) in [6.45, 7) is 6.51. The average Bonchev–Trinajstić information content (AvgIpc) is 2.67. The number of ketones is 1. The number of halogens is 2. The van der Waals surface area contributed by atoms with Crippen molar-refractivity contribution in [1.82, 2.24) is 9.88 Å². The fourth-order valence-electron chi connectivity index (χ4n) is 3.07. The van der Waals surface area contributed by atoms with Crippen molar-refractivity contribution in [3.05, 3.63) is 58.5 Å². The first kappa shape index (κ1) is 22.0. The Morgan fingerprint density at radius 2 is 1.87 bits per heavy atom. The van der Waals surface area contributed by atoms with E-state index in [2.05, 4.69) is 4.98 Å². The first-order valence-corrected chi connectivity index (χ1v) is 10.1. The number of aromatic nitrogens is 1. The number of pyridine rings is 1. The van der Waals surface area contributed by atoms with Gasteiger partial charge in [-0.1, -0.05) is 17.7 Å². The van der Waals surface area contributed by atoms with Crippen molar-refractivity contribution in [3.63, 3.8) is 0 Å². The Hall–Kier alpha value is -2.67. The van der Waals surface area contributed by atoms with Gasteiger partial charge in [0.1, 0.15) is 23.2 Å².